The van der Waals surface area contributed by atoms with Gasteiger partial charge in [0.25, 0.3) is 11.8 Å². The average Bonchev–Trinajstić information content (AvgIpc) is 3.16. The number of amides is 2. The SMILES string of the molecule is CCCN(CC)c1sc(C(=O)NC2CC2)c(N)c1C(N)=O. The fraction of sp³-hybridized carbons (Fsp3) is 0.571. The van der Waals surface area contributed by atoms with Crippen LogP contribution in [0, 0.1) is 0 Å². The molecule has 1 heterocycles. The second-order valence-corrected chi connectivity index (χ2v) is 6.22. The van der Waals surface area contributed by atoms with E-state index in [-0.39, 0.29) is 23.2 Å². The summed E-state index contributed by atoms with van der Waals surface area (Å²) in [5.41, 5.74) is 12.0. The van der Waals surface area contributed by atoms with Crippen LogP contribution in [0.5, 0.6) is 0 Å². The standard InChI is InChI=1S/C14H22N4O2S/c1-3-7-18(4-2)14-9(12(16)19)10(15)11(21-14)13(20)17-8-5-6-8/h8H,3-7,15H2,1-2H3,(H2,16,19)(H,17,20). The highest BCUT2D eigenvalue weighted by atomic mass is 32.1. The van der Waals surface area contributed by atoms with Gasteiger partial charge in [-0.2, -0.15) is 0 Å². The van der Waals surface area contributed by atoms with Crippen LogP contribution in [0.4, 0.5) is 10.7 Å². The van der Waals surface area contributed by atoms with Gasteiger partial charge in [-0.1, -0.05) is 6.92 Å². The van der Waals surface area contributed by atoms with Gasteiger partial charge in [-0.25, -0.2) is 0 Å². The maximum Gasteiger partial charge on any atom is 0.263 e. The van der Waals surface area contributed by atoms with Gasteiger partial charge in [0.1, 0.15) is 9.88 Å². The molecule has 6 nitrogen and oxygen atoms in total. The number of nitrogens with zero attached hydrogens (tertiary/aromatic N) is 1. The number of anilines is 2. The number of hydrogen-bond acceptors (Lipinski definition) is 5. The van der Waals surface area contributed by atoms with Crippen LogP contribution in [0.3, 0.4) is 0 Å². The van der Waals surface area contributed by atoms with Crippen LogP contribution < -0.4 is 21.7 Å². The minimum Gasteiger partial charge on any atom is -0.397 e. The first-order chi connectivity index (χ1) is 9.99. The van der Waals surface area contributed by atoms with Crippen molar-refractivity contribution in [3.05, 3.63) is 10.4 Å². The normalized spacial score (nSPS) is 14.0. The van der Waals surface area contributed by atoms with E-state index in [9.17, 15) is 9.59 Å². The van der Waals surface area contributed by atoms with Crippen LogP contribution in [0.25, 0.3) is 0 Å². The molecule has 1 aliphatic rings. The van der Waals surface area contributed by atoms with Crippen molar-refractivity contribution in [1.82, 2.24) is 5.32 Å². The molecule has 5 N–H and O–H groups in total. The maximum absolute atomic E-state index is 12.2. The number of carbonyl (C=O) groups excluding carboxylic acids is 2. The molecule has 0 radical (unpaired) electrons. The van der Waals surface area contributed by atoms with Gasteiger partial charge in [-0.3, -0.25) is 9.59 Å². The third kappa shape index (κ3) is 3.29. The van der Waals surface area contributed by atoms with E-state index in [4.69, 9.17) is 11.5 Å². The molecule has 0 spiro atoms. The number of nitrogens with two attached hydrogens (primary N) is 2. The fourth-order valence-corrected chi connectivity index (χ4v) is 3.43. The summed E-state index contributed by atoms with van der Waals surface area (Å²) < 4.78 is 0. The van der Waals surface area contributed by atoms with E-state index < -0.39 is 5.91 Å². The second kappa shape index (κ2) is 6.34. The highest BCUT2D eigenvalue weighted by molar-refractivity contribution is 7.19. The molecule has 2 amide bonds. The van der Waals surface area contributed by atoms with Crippen LogP contribution in [-0.2, 0) is 0 Å². The zero-order valence-electron chi connectivity index (χ0n) is 12.4. The first kappa shape index (κ1) is 15.6. The minimum absolute atomic E-state index is 0.204. The predicted octanol–water partition coefficient (Wildman–Crippen LogP) is 1.56. The summed E-state index contributed by atoms with van der Waals surface area (Å²) in [4.78, 5) is 26.4. The third-order valence-corrected chi connectivity index (χ3v) is 4.72. The van der Waals surface area contributed by atoms with Crippen LogP contribution in [0.1, 0.15) is 53.1 Å². The third-order valence-electron chi connectivity index (χ3n) is 3.45. The first-order valence-electron chi connectivity index (χ1n) is 7.27. The number of nitrogen functional groups attached to an aromatic ring is 1. The molecule has 0 unspecified atom stereocenters. The maximum atomic E-state index is 12.2. The minimum atomic E-state index is -0.584. The summed E-state index contributed by atoms with van der Waals surface area (Å²) in [6.07, 6.45) is 2.94. The van der Waals surface area contributed by atoms with Gasteiger partial charge >= 0.3 is 0 Å². The molecule has 0 aromatic carbocycles. The van der Waals surface area contributed by atoms with Gasteiger partial charge in [0.05, 0.1) is 11.3 Å². The van der Waals surface area contributed by atoms with Gasteiger partial charge in [-0.05, 0) is 26.2 Å². The lowest BCUT2D eigenvalue weighted by Crippen LogP contribution is -2.26. The molecule has 21 heavy (non-hydrogen) atoms. The Balaban J connectivity index is 2.38. The van der Waals surface area contributed by atoms with Crippen molar-refractivity contribution < 1.29 is 9.59 Å². The van der Waals surface area contributed by atoms with Crippen LogP contribution in [0.2, 0.25) is 0 Å². The fourth-order valence-electron chi connectivity index (χ4n) is 2.21. The summed E-state index contributed by atoms with van der Waals surface area (Å²) in [6.45, 7) is 5.59. The monoisotopic (exact) mass is 310 g/mol. The number of hydrogen-bond donors (Lipinski definition) is 3. The van der Waals surface area contributed by atoms with Gasteiger partial charge in [0.2, 0.25) is 0 Å². The lowest BCUT2D eigenvalue weighted by molar-refractivity contribution is 0.0955. The van der Waals surface area contributed by atoms with Crippen molar-refractivity contribution in [2.45, 2.75) is 39.2 Å². The summed E-state index contributed by atoms with van der Waals surface area (Å²) >= 11 is 1.25. The van der Waals surface area contributed by atoms with E-state index in [0.717, 1.165) is 32.4 Å². The van der Waals surface area contributed by atoms with Crippen molar-refractivity contribution in [3.8, 4) is 0 Å². The van der Waals surface area contributed by atoms with Gasteiger partial charge < -0.3 is 21.7 Å². The second-order valence-electron chi connectivity index (χ2n) is 5.22. The molecule has 2 rings (SSSR count). The van der Waals surface area contributed by atoms with Gasteiger partial charge in [0.15, 0.2) is 0 Å². The van der Waals surface area contributed by atoms with Crippen molar-refractivity contribution >= 4 is 33.8 Å². The summed E-state index contributed by atoms with van der Waals surface area (Å²) in [7, 11) is 0. The summed E-state index contributed by atoms with van der Waals surface area (Å²) in [5, 5.41) is 3.60. The van der Waals surface area contributed by atoms with Crippen LogP contribution in [-0.4, -0.2) is 30.9 Å². The Bertz CT molecular complexity index is 551. The van der Waals surface area contributed by atoms with E-state index >= 15 is 0 Å². The first-order valence-corrected chi connectivity index (χ1v) is 8.09. The number of nitrogens with one attached hydrogen (secondary N) is 1. The Morgan fingerprint density at radius 3 is 2.52 bits per heavy atom. The summed E-state index contributed by atoms with van der Waals surface area (Å²) in [5.74, 6) is -0.792. The number of carbonyl (C=O) groups is 2. The van der Waals surface area contributed by atoms with Gasteiger partial charge in [0, 0.05) is 19.1 Å². The van der Waals surface area contributed by atoms with Crippen molar-refractivity contribution in [3.63, 3.8) is 0 Å². The molecule has 116 valence electrons. The largest absolute Gasteiger partial charge is 0.397 e. The topological polar surface area (TPSA) is 101 Å². The molecular formula is C14H22N4O2S. The van der Waals surface area contributed by atoms with Crippen molar-refractivity contribution in [1.29, 1.82) is 0 Å². The Labute approximate surface area is 128 Å². The van der Waals surface area contributed by atoms with Crippen molar-refractivity contribution in [2.24, 2.45) is 5.73 Å². The number of primary amides is 1. The van der Waals surface area contributed by atoms with Crippen molar-refractivity contribution in [2.75, 3.05) is 23.7 Å². The van der Waals surface area contributed by atoms with Crippen LogP contribution >= 0.6 is 11.3 Å². The molecule has 0 saturated heterocycles. The Kier molecular flexibility index (Phi) is 4.72. The highest BCUT2D eigenvalue weighted by Gasteiger charge is 2.30. The molecule has 0 aliphatic heterocycles. The van der Waals surface area contributed by atoms with E-state index in [1.807, 2.05) is 11.8 Å². The van der Waals surface area contributed by atoms with Crippen LogP contribution in [0.15, 0.2) is 0 Å². The molecule has 1 aromatic rings. The lowest BCUT2D eigenvalue weighted by Gasteiger charge is -2.21. The molecular weight excluding hydrogens is 288 g/mol. The molecule has 1 aromatic heterocycles. The molecule has 1 saturated carbocycles. The Morgan fingerprint density at radius 2 is 2.05 bits per heavy atom. The zero-order valence-corrected chi connectivity index (χ0v) is 13.3. The Hall–Kier alpha value is -1.76. The zero-order chi connectivity index (χ0) is 15.6. The van der Waals surface area contributed by atoms with E-state index in [1.54, 1.807) is 0 Å². The molecule has 1 aliphatic carbocycles. The Morgan fingerprint density at radius 1 is 1.38 bits per heavy atom. The quantitative estimate of drug-likeness (QED) is 0.711. The molecule has 7 heteroatoms. The molecule has 1 fully saturated rings. The highest BCUT2D eigenvalue weighted by Crippen LogP contribution is 2.38. The molecule has 0 bridgehead atoms. The number of thiophene rings is 1. The average molecular weight is 310 g/mol. The smallest absolute Gasteiger partial charge is 0.263 e. The molecule has 0 atom stereocenters. The van der Waals surface area contributed by atoms with E-state index in [0.29, 0.717) is 9.88 Å². The lowest BCUT2D eigenvalue weighted by atomic mass is 10.2. The van der Waals surface area contributed by atoms with Gasteiger partial charge in [-0.15, -0.1) is 11.3 Å². The number of rotatable bonds is 7. The van der Waals surface area contributed by atoms with E-state index in [2.05, 4.69) is 12.2 Å². The predicted molar refractivity (Wildman–Crippen MR) is 85.9 cm³/mol. The van der Waals surface area contributed by atoms with E-state index in [1.165, 1.54) is 11.3 Å². The summed E-state index contributed by atoms with van der Waals surface area (Å²) in [6, 6.07) is 0.248.